The zero-order valence-electron chi connectivity index (χ0n) is 19.5. The van der Waals surface area contributed by atoms with E-state index in [0.717, 1.165) is 37.2 Å². The molecular formula is C24H33FN3O4S+. The van der Waals surface area contributed by atoms with Crippen LogP contribution in [0.3, 0.4) is 0 Å². The van der Waals surface area contributed by atoms with E-state index in [-0.39, 0.29) is 29.0 Å². The van der Waals surface area contributed by atoms with E-state index in [4.69, 9.17) is 0 Å². The molecule has 0 aliphatic carbocycles. The lowest BCUT2D eigenvalue weighted by Crippen LogP contribution is -2.60. The average molecular weight is 479 g/mol. The van der Waals surface area contributed by atoms with E-state index >= 15 is 0 Å². The molecule has 33 heavy (non-hydrogen) atoms. The molecule has 1 saturated heterocycles. The fraction of sp³-hybridized carbons (Fsp3) is 0.458. The summed E-state index contributed by atoms with van der Waals surface area (Å²) in [6.07, 6.45) is 0.497. The number of carbonyl (C=O) groups excluding carboxylic acids is 1. The number of rotatable bonds is 9. The topological polar surface area (TPSA) is 75.7 Å². The van der Waals surface area contributed by atoms with E-state index in [1.807, 2.05) is 18.2 Å². The van der Waals surface area contributed by atoms with Crippen LogP contribution in [-0.4, -0.2) is 71.9 Å². The van der Waals surface area contributed by atoms with Gasteiger partial charge in [-0.25, -0.2) is 22.3 Å². The SMILES string of the molecule is COC(=O)c1ccc(CNS(=O)(=O)CCC[N+]2(c3ccccc3)CCN(C)CC2)c(F)c1C. The number of hydrogen-bond acceptors (Lipinski definition) is 5. The van der Waals surface area contributed by atoms with Gasteiger partial charge in [-0.1, -0.05) is 24.3 Å². The molecule has 0 bridgehead atoms. The Bertz CT molecular complexity index is 1070. The number of nitrogens with one attached hydrogen (secondary N) is 1. The second-order valence-electron chi connectivity index (χ2n) is 8.65. The van der Waals surface area contributed by atoms with Gasteiger partial charge >= 0.3 is 5.97 Å². The number of hydrogen-bond donors (Lipinski definition) is 1. The third-order valence-corrected chi connectivity index (χ3v) is 7.89. The number of sulfonamides is 1. The number of esters is 1. The number of benzene rings is 2. The van der Waals surface area contributed by atoms with Crippen molar-refractivity contribution in [2.75, 3.05) is 52.6 Å². The zero-order chi connectivity index (χ0) is 24.1. The number of para-hydroxylation sites is 1. The number of carbonyl (C=O) groups is 1. The van der Waals surface area contributed by atoms with Gasteiger partial charge in [-0.15, -0.1) is 0 Å². The molecule has 1 heterocycles. The molecule has 0 aromatic heterocycles. The molecule has 1 N–H and O–H groups in total. The Morgan fingerprint density at radius 3 is 2.45 bits per heavy atom. The smallest absolute Gasteiger partial charge is 0.338 e. The summed E-state index contributed by atoms with van der Waals surface area (Å²) in [4.78, 5) is 14.0. The molecule has 0 radical (unpaired) electrons. The minimum absolute atomic E-state index is 0.0312. The van der Waals surface area contributed by atoms with Crippen molar-refractivity contribution < 1.29 is 22.3 Å². The first-order valence-electron chi connectivity index (χ1n) is 11.1. The molecule has 2 aromatic carbocycles. The van der Waals surface area contributed by atoms with Crippen molar-refractivity contribution in [3.63, 3.8) is 0 Å². The van der Waals surface area contributed by atoms with Crippen molar-refractivity contribution >= 4 is 21.7 Å². The third kappa shape index (κ3) is 6.17. The second kappa shape index (κ2) is 10.7. The van der Waals surface area contributed by atoms with Crippen LogP contribution in [0.15, 0.2) is 42.5 Å². The van der Waals surface area contributed by atoms with Gasteiger partial charge in [0.05, 0.1) is 38.1 Å². The summed E-state index contributed by atoms with van der Waals surface area (Å²) in [6.45, 7) is 5.82. The Morgan fingerprint density at radius 1 is 1.15 bits per heavy atom. The van der Waals surface area contributed by atoms with Crippen LogP contribution in [0.25, 0.3) is 0 Å². The molecule has 1 aliphatic heterocycles. The number of likely N-dealkylation sites (N-methyl/N-ethyl adjacent to an activating group) is 1. The first-order valence-corrected chi connectivity index (χ1v) is 12.8. The molecule has 3 rings (SSSR count). The van der Waals surface area contributed by atoms with Crippen LogP contribution in [0, 0.1) is 12.7 Å². The van der Waals surface area contributed by atoms with Crippen LogP contribution >= 0.6 is 0 Å². The highest BCUT2D eigenvalue weighted by atomic mass is 32.2. The predicted octanol–water partition coefficient (Wildman–Crippen LogP) is 2.68. The summed E-state index contributed by atoms with van der Waals surface area (Å²) in [5.74, 6) is -1.26. The Morgan fingerprint density at radius 2 is 1.82 bits per heavy atom. The Labute approximate surface area is 195 Å². The Hall–Kier alpha value is -2.33. The van der Waals surface area contributed by atoms with Gasteiger partial charge in [0.2, 0.25) is 10.0 Å². The Kier molecular flexibility index (Phi) is 8.23. The predicted molar refractivity (Wildman–Crippen MR) is 128 cm³/mol. The van der Waals surface area contributed by atoms with Gasteiger partial charge < -0.3 is 4.74 Å². The molecule has 0 unspecified atom stereocenters. The van der Waals surface area contributed by atoms with Crippen LogP contribution in [0.1, 0.15) is 27.9 Å². The van der Waals surface area contributed by atoms with Crippen LogP contribution in [0.4, 0.5) is 10.1 Å². The minimum Gasteiger partial charge on any atom is -0.465 e. The van der Waals surface area contributed by atoms with Gasteiger partial charge in [0.15, 0.2) is 0 Å². The molecule has 0 saturated carbocycles. The largest absolute Gasteiger partial charge is 0.465 e. The van der Waals surface area contributed by atoms with Gasteiger partial charge in [0.25, 0.3) is 0 Å². The van der Waals surface area contributed by atoms with E-state index in [0.29, 0.717) is 6.42 Å². The Balaban J connectivity index is 1.62. The maximum atomic E-state index is 14.6. The van der Waals surface area contributed by atoms with E-state index < -0.39 is 21.8 Å². The summed E-state index contributed by atoms with van der Waals surface area (Å²) < 4.78 is 47.8. The maximum absolute atomic E-state index is 14.6. The lowest BCUT2D eigenvalue weighted by Gasteiger charge is -2.43. The van der Waals surface area contributed by atoms with Gasteiger partial charge in [0, 0.05) is 31.6 Å². The standard InChI is InChI=1S/C24H33FN3O4S/c1-19-22(24(29)32-3)11-10-20(23(19)25)18-26-33(30,31)17-7-14-28(15-12-27(2)13-16-28)21-8-5-4-6-9-21/h4-6,8-11,26H,7,12-18H2,1-3H3/q+1. The molecule has 2 aromatic rings. The molecule has 1 aliphatic rings. The molecule has 0 atom stereocenters. The van der Waals surface area contributed by atoms with Crippen LogP contribution < -0.4 is 9.21 Å². The molecule has 0 spiro atoms. The van der Waals surface area contributed by atoms with Crippen molar-refractivity contribution in [2.45, 2.75) is 19.9 Å². The normalized spacial score (nSPS) is 16.5. The number of nitrogens with zero attached hydrogens (tertiary/aromatic N) is 2. The van der Waals surface area contributed by atoms with Crippen molar-refractivity contribution in [1.82, 2.24) is 14.1 Å². The summed E-state index contributed by atoms with van der Waals surface area (Å²) in [7, 11) is -0.257. The highest BCUT2D eigenvalue weighted by molar-refractivity contribution is 7.89. The third-order valence-electron chi connectivity index (χ3n) is 6.48. The summed E-state index contributed by atoms with van der Waals surface area (Å²) in [5, 5.41) is 0. The van der Waals surface area contributed by atoms with Gasteiger partial charge in [-0.3, -0.25) is 9.38 Å². The number of ether oxygens (including phenoxy) is 1. The minimum atomic E-state index is -3.59. The molecule has 1 fully saturated rings. The van der Waals surface area contributed by atoms with E-state index in [2.05, 4.69) is 33.5 Å². The van der Waals surface area contributed by atoms with E-state index in [1.54, 1.807) is 0 Å². The van der Waals surface area contributed by atoms with Crippen molar-refractivity contribution in [3.8, 4) is 0 Å². The average Bonchev–Trinajstić information content (AvgIpc) is 2.81. The molecule has 180 valence electrons. The molecule has 7 nitrogen and oxygen atoms in total. The van der Waals surface area contributed by atoms with Gasteiger partial charge in [0.1, 0.15) is 11.5 Å². The lowest BCUT2D eigenvalue weighted by atomic mass is 10.0. The van der Waals surface area contributed by atoms with Crippen LogP contribution in [-0.2, 0) is 21.3 Å². The van der Waals surface area contributed by atoms with Crippen molar-refractivity contribution in [1.29, 1.82) is 0 Å². The van der Waals surface area contributed by atoms with Crippen LogP contribution in [0.2, 0.25) is 0 Å². The quantitative estimate of drug-likeness (QED) is 0.443. The monoisotopic (exact) mass is 478 g/mol. The fourth-order valence-electron chi connectivity index (χ4n) is 4.33. The number of halogens is 1. The summed E-state index contributed by atoms with van der Waals surface area (Å²) in [5.41, 5.74) is 1.67. The van der Waals surface area contributed by atoms with Gasteiger partial charge in [-0.2, -0.15) is 0 Å². The highest BCUT2D eigenvalue weighted by Crippen LogP contribution is 2.26. The first kappa shape index (κ1) is 25.3. The highest BCUT2D eigenvalue weighted by Gasteiger charge is 2.34. The molecule has 9 heteroatoms. The fourth-order valence-corrected chi connectivity index (χ4v) is 5.36. The number of piperazine rings is 1. The second-order valence-corrected chi connectivity index (χ2v) is 10.6. The van der Waals surface area contributed by atoms with Crippen LogP contribution in [0.5, 0.6) is 0 Å². The molecular weight excluding hydrogens is 445 g/mol. The summed E-state index contributed by atoms with van der Waals surface area (Å²) in [6, 6.07) is 13.1. The maximum Gasteiger partial charge on any atom is 0.338 e. The zero-order valence-corrected chi connectivity index (χ0v) is 20.3. The summed E-state index contributed by atoms with van der Waals surface area (Å²) >= 11 is 0. The van der Waals surface area contributed by atoms with Crippen molar-refractivity contribution in [2.24, 2.45) is 0 Å². The van der Waals surface area contributed by atoms with Crippen molar-refractivity contribution in [3.05, 3.63) is 65.0 Å². The number of quaternary nitrogens is 1. The molecule has 0 amide bonds. The van der Waals surface area contributed by atoms with E-state index in [1.165, 1.54) is 31.9 Å². The van der Waals surface area contributed by atoms with Gasteiger partial charge in [-0.05, 0) is 37.7 Å². The lowest BCUT2D eigenvalue weighted by molar-refractivity contribution is 0.0599. The van der Waals surface area contributed by atoms with E-state index in [9.17, 15) is 17.6 Å². The number of methoxy groups -OCH3 is 1. The first-order chi connectivity index (χ1) is 15.7.